The van der Waals surface area contributed by atoms with Gasteiger partial charge in [0, 0.05) is 25.5 Å². The average molecular weight is 496 g/mol. The number of benzene rings is 2. The molecule has 10 nitrogen and oxygen atoms in total. The molecule has 0 aliphatic rings. The number of nitrogens with zero attached hydrogens (tertiary/aromatic N) is 4. The molecule has 0 aliphatic heterocycles. The van der Waals surface area contributed by atoms with Crippen molar-refractivity contribution in [1.29, 1.82) is 0 Å². The molecule has 3 rings (SSSR count). The van der Waals surface area contributed by atoms with Crippen molar-refractivity contribution in [2.45, 2.75) is 0 Å². The van der Waals surface area contributed by atoms with Crippen LogP contribution in [0, 0.1) is 0 Å². The number of carbonyl (C=O) groups excluding carboxylic acids is 3. The minimum absolute atomic E-state index is 0.112. The first-order valence-electron chi connectivity index (χ1n) is 10.6. The molecule has 2 amide bonds. The van der Waals surface area contributed by atoms with Crippen molar-refractivity contribution in [2.75, 3.05) is 50.7 Å². The number of carbonyl (C=O) groups is 3. The van der Waals surface area contributed by atoms with Crippen LogP contribution in [0.3, 0.4) is 0 Å². The van der Waals surface area contributed by atoms with Crippen LogP contribution in [0.2, 0.25) is 5.02 Å². The molecular formula is C24H26ClN7O3. The van der Waals surface area contributed by atoms with Crippen LogP contribution >= 0.6 is 11.6 Å². The lowest BCUT2D eigenvalue weighted by atomic mass is 10.1. The Bertz CT molecular complexity index is 1230. The van der Waals surface area contributed by atoms with Crippen LogP contribution in [-0.4, -0.2) is 72.1 Å². The van der Waals surface area contributed by atoms with Gasteiger partial charge >= 0.3 is 0 Å². The van der Waals surface area contributed by atoms with E-state index in [4.69, 9.17) is 11.6 Å². The Labute approximate surface area is 208 Å². The Kier molecular flexibility index (Phi) is 8.34. The second kappa shape index (κ2) is 11.4. The predicted molar refractivity (Wildman–Crippen MR) is 137 cm³/mol. The summed E-state index contributed by atoms with van der Waals surface area (Å²) in [4.78, 5) is 48.3. The molecule has 3 aromatic rings. The summed E-state index contributed by atoms with van der Waals surface area (Å²) in [6.45, 7) is 0.284. The van der Waals surface area contributed by atoms with Crippen molar-refractivity contribution >= 4 is 58.0 Å². The second-order valence-corrected chi connectivity index (χ2v) is 8.48. The summed E-state index contributed by atoms with van der Waals surface area (Å²) in [6.07, 6.45) is 1.42. The summed E-state index contributed by atoms with van der Waals surface area (Å²) in [5.74, 6) is -0.890. The predicted octanol–water partition coefficient (Wildman–Crippen LogP) is 3.39. The van der Waals surface area contributed by atoms with E-state index in [1.54, 1.807) is 53.4 Å². The summed E-state index contributed by atoms with van der Waals surface area (Å²) in [6, 6.07) is 13.7. The Morgan fingerprint density at radius 3 is 2.23 bits per heavy atom. The zero-order chi connectivity index (χ0) is 25.5. The van der Waals surface area contributed by atoms with Crippen molar-refractivity contribution in [1.82, 2.24) is 19.8 Å². The van der Waals surface area contributed by atoms with E-state index in [0.29, 0.717) is 17.1 Å². The van der Waals surface area contributed by atoms with Gasteiger partial charge in [-0.15, -0.1) is 0 Å². The molecule has 0 atom stereocenters. The molecule has 182 valence electrons. The average Bonchev–Trinajstić information content (AvgIpc) is 2.81. The molecule has 0 bridgehead atoms. The van der Waals surface area contributed by atoms with Crippen LogP contribution in [0.1, 0.15) is 10.4 Å². The number of hydrogen-bond donors (Lipinski definition) is 3. The molecule has 1 heterocycles. The standard InChI is InChI=1S/C24H26ClN7O3/c1-31(2)14-20(33)27-15-9-11-16(12-10-15)28-24-26-13-18(25)22(30-24)29-19-8-6-5-7-17(19)21(34)23(35)32(3)4/h5-13H,14H2,1-4H3,(H,27,33)(H2,26,28,29,30). The number of aromatic nitrogens is 2. The van der Waals surface area contributed by atoms with Crippen LogP contribution in [0.5, 0.6) is 0 Å². The van der Waals surface area contributed by atoms with Gasteiger partial charge in [0.1, 0.15) is 5.02 Å². The molecule has 0 aliphatic carbocycles. The fourth-order valence-corrected chi connectivity index (χ4v) is 3.14. The van der Waals surface area contributed by atoms with Gasteiger partial charge in [0.05, 0.1) is 24.0 Å². The molecule has 0 fully saturated rings. The second-order valence-electron chi connectivity index (χ2n) is 8.08. The molecule has 2 aromatic carbocycles. The zero-order valence-corrected chi connectivity index (χ0v) is 20.6. The van der Waals surface area contributed by atoms with E-state index >= 15 is 0 Å². The highest BCUT2D eigenvalue weighted by atomic mass is 35.5. The number of halogens is 1. The number of rotatable bonds is 9. The Morgan fingerprint density at radius 1 is 0.914 bits per heavy atom. The fraction of sp³-hybridized carbons (Fsp3) is 0.208. The molecule has 0 radical (unpaired) electrons. The molecular weight excluding hydrogens is 470 g/mol. The molecule has 0 saturated carbocycles. The Hall–Kier alpha value is -4.02. The van der Waals surface area contributed by atoms with Gasteiger partial charge in [-0.3, -0.25) is 14.4 Å². The topological polar surface area (TPSA) is 120 Å². The number of para-hydroxylation sites is 1. The number of hydrogen-bond acceptors (Lipinski definition) is 8. The van der Waals surface area contributed by atoms with Crippen molar-refractivity contribution in [3.63, 3.8) is 0 Å². The van der Waals surface area contributed by atoms with Crippen LogP contribution in [-0.2, 0) is 9.59 Å². The van der Waals surface area contributed by atoms with E-state index in [1.165, 1.54) is 25.2 Å². The van der Waals surface area contributed by atoms with E-state index in [2.05, 4.69) is 25.9 Å². The highest BCUT2D eigenvalue weighted by Gasteiger charge is 2.21. The maximum Gasteiger partial charge on any atom is 0.294 e. The van der Waals surface area contributed by atoms with Gasteiger partial charge in [-0.2, -0.15) is 4.98 Å². The van der Waals surface area contributed by atoms with E-state index in [9.17, 15) is 14.4 Å². The number of anilines is 5. The molecule has 35 heavy (non-hydrogen) atoms. The Balaban J connectivity index is 1.76. The molecule has 0 saturated heterocycles. The lowest BCUT2D eigenvalue weighted by Gasteiger charge is -2.14. The quantitative estimate of drug-likeness (QED) is 0.305. The summed E-state index contributed by atoms with van der Waals surface area (Å²) in [7, 11) is 6.67. The third-order valence-corrected chi connectivity index (χ3v) is 4.93. The maximum absolute atomic E-state index is 12.6. The molecule has 3 N–H and O–H groups in total. The Morgan fingerprint density at radius 2 is 1.57 bits per heavy atom. The lowest BCUT2D eigenvalue weighted by Crippen LogP contribution is -2.30. The molecule has 1 aromatic heterocycles. The SMILES string of the molecule is CN(C)CC(=O)Nc1ccc(Nc2ncc(Cl)c(Nc3ccccc3C(=O)C(=O)N(C)C)n2)cc1. The smallest absolute Gasteiger partial charge is 0.294 e. The van der Waals surface area contributed by atoms with Crippen LogP contribution in [0.4, 0.5) is 28.8 Å². The third kappa shape index (κ3) is 6.98. The van der Waals surface area contributed by atoms with E-state index in [-0.39, 0.29) is 34.8 Å². The first kappa shape index (κ1) is 25.6. The van der Waals surface area contributed by atoms with Crippen LogP contribution < -0.4 is 16.0 Å². The number of Topliss-reactive ketones (excluding diaryl/α,β-unsaturated/α-hetero) is 1. The highest BCUT2D eigenvalue weighted by Crippen LogP contribution is 2.27. The van der Waals surface area contributed by atoms with Crippen LogP contribution in [0.25, 0.3) is 0 Å². The summed E-state index contributed by atoms with van der Waals surface area (Å²) >= 11 is 6.28. The van der Waals surface area contributed by atoms with E-state index in [1.807, 2.05) is 14.1 Å². The zero-order valence-electron chi connectivity index (χ0n) is 19.8. The lowest BCUT2D eigenvalue weighted by molar-refractivity contribution is -0.124. The monoisotopic (exact) mass is 495 g/mol. The van der Waals surface area contributed by atoms with Crippen molar-refractivity contribution in [3.8, 4) is 0 Å². The van der Waals surface area contributed by atoms with Crippen LogP contribution in [0.15, 0.2) is 54.7 Å². The number of likely N-dealkylation sites (N-methyl/N-ethyl adjacent to an activating group) is 2. The van der Waals surface area contributed by atoms with Gasteiger partial charge in [0.15, 0.2) is 5.82 Å². The third-order valence-electron chi connectivity index (χ3n) is 4.65. The van der Waals surface area contributed by atoms with Gasteiger partial charge in [0.25, 0.3) is 11.7 Å². The number of nitrogens with one attached hydrogen (secondary N) is 3. The molecule has 0 unspecified atom stereocenters. The highest BCUT2D eigenvalue weighted by molar-refractivity contribution is 6.43. The van der Waals surface area contributed by atoms with Gasteiger partial charge in [-0.05, 0) is 50.5 Å². The number of ketones is 1. The van der Waals surface area contributed by atoms with Crippen molar-refractivity contribution < 1.29 is 14.4 Å². The van der Waals surface area contributed by atoms with Gasteiger partial charge in [-0.25, -0.2) is 4.98 Å². The fourth-order valence-electron chi connectivity index (χ4n) is 3.00. The first-order valence-corrected chi connectivity index (χ1v) is 11.0. The molecule has 0 spiro atoms. The molecule has 11 heteroatoms. The largest absolute Gasteiger partial charge is 0.342 e. The normalized spacial score (nSPS) is 10.6. The van der Waals surface area contributed by atoms with E-state index in [0.717, 1.165) is 0 Å². The summed E-state index contributed by atoms with van der Waals surface area (Å²) in [5, 5.41) is 9.14. The summed E-state index contributed by atoms with van der Waals surface area (Å²) < 4.78 is 0. The van der Waals surface area contributed by atoms with Gasteiger partial charge < -0.3 is 25.8 Å². The van der Waals surface area contributed by atoms with Crippen molar-refractivity contribution in [3.05, 3.63) is 65.3 Å². The van der Waals surface area contributed by atoms with E-state index < -0.39 is 11.7 Å². The maximum atomic E-state index is 12.6. The number of amides is 2. The van der Waals surface area contributed by atoms with Gasteiger partial charge in [-0.1, -0.05) is 23.7 Å². The van der Waals surface area contributed by atoms with Crippen molar-refractivity contribution in [2.24, 2.45) is 0 Å². The van der Waals surface area contributed by atoms with Gasteiger partial charge in [0.2, 0.25) is 11.9 Å². The minimum Gasteiger partial charge on any atom is -0.342 e. The minimum atomic E-state index is -0.653. The summed E-state index contributed by atoms with van der Waals surface area (Å²) in [5.41, 5.74) is 1.94. The first-order chi connectivity index (χ1) is 16.6.